The fourth-order valence-electron chi connectivity index (χ4n) is 1.61. The van der Waals surface area contributed by atoms with Crippen LogP contribution in [0, 0.1) is 0 Å². The molecule has 72 valence electrons. The second-order valence-corrected chi connectivity index (χ2v) is 5.44. The third kappa shape index (κ3) is 2.10. The molecule has 0 fully saturated rings. The molecule has 0 saturated heterocycles. The van der Waals surface area contributed by atoms with Gasteiger partial charge in [0.25, 0.3) is 0 Å². The average Bonchev–Trinajstić information content (AvgIpc) is 2.30. The molecule has 1 atom stereocenters. The van der Waals surface area contributed by atoms with Crippen LogP contribution in [0.5, 0.6) is 0 Å². The zero-order valence-corrected chi connectivity index (χ0v) is 9.26. The summed E-state index contributed by atoms with van der Waals surface area (Å²) in [5, 5.41) is 0. The molecule has 0 saturated carbocycles. The monoisotopic (exact) mass is 203 g/mol. The first-order chi connectivity index (χ1) is 6.88. The first kappa shape index (κ1) is 9.60. The van der Waals surface area contributed by atoms with E-state index in [1.807, 2.05) is 0 Å². The Kier molecular flexibility index (Phi) is 3.10. The van der Waals surface area contributed by atoms with Crippen LogP contribution in [-0.4, -0.2) is 6.26 Å². The summed E-state index contributed by atoms with van der Waals surface area (Å²) >= 11 is 0. The van der Waals surface area contributed by atoms with Gasteiger partial charge in [-0.15, -0.1) is 0 Å². The molecule has 0 aromatic heterocycles. The zero-order chi connectivity index (χ0) is 9.80. The van der Waals surface area contributed by atoms with Crippen molar-refractivity contribution in [3.05, 3.63) is 53.5 Å². The van der Waals surface area contributed by atoms with Crippen molar-refractivity contribution in [3.8, 4) is 0 Å². The van der Waals surface area contributed by atoms with Gasteiger partial charge in [0, 0.05) is 6.42 Å². The lowest BCUT2D eigenvalue weighted by Gasteiger charge is -2.07. The maximum Gasteiger partial charge on any atom is 0.160 e. The lowest BCUT2D eigenvalue weighted by Crippen LogP contribution is -2.04. The summed E-state index contributed by atoms with van der Waals surface area (Å²) in [6.45, 7) is 0. The van der Waals surface area contributed by atoms with E-state index in [4.69, 9.17) is 0 Å². The molecule has 1 aliphatic rings. The third-order valence-corrected chi connectivity index (χ3v) is 4.57. The molecule has 14 heavy (non-hydrogen) atoms. The van der Waals surface area contributed by atoms with Gasteiger partial charge in [-0.3, -0.25) is 0 Å². The summed E-state index contributed by atoms with van der Waals surface area (Å²) in [7, 11) is 0.290. The number of hydrogen-bond donors (Lipinski definition) is 0. The number of rotatable bonds is 2. The van der Waals surface area contributed by atoms with Gasteiger partial charge in [-0.1, -0.05) is 30.4 Å². The molecule has 0 aliphatic heterocycles. The SMILES string of the molecule is C[S+](C1=CC=CCC1)c1ccccc1. The molecule has 1 unspecified atom stereocenters. The summed E-state index contributed by atoms with van der Waals surface area (Å²) in [4.78, 5) is 3.03. The number of allylic oxidation sites excluding steroid dienone is 4. The van der Waals surface area contributed by atoms with Crippen LogP contribution in [0.2, 0.25) is 0 Å². The fraction of sp³-hybridized carbons (Fsp3) is 0.231. The predicted molar refractivity (Wildman–Crippen MR) is 64.5 cm³/mol. The van der Waals surface area contributed by atoms with E-state index in [1.165, 1.54) is 17.7 Å². The van der Waals surface area contributed by atoms with Crippen LogP contribution < -0.4 is 0 Å². The van der Waals surface area contributed by atoms with Crippen LogP contribution in [0.3, 0.4) is 0 Å². The zero-order valence-electron chi connectivity index (χ0n) is 8.44. The summed E-state index contributed by atoms with van der Waals surface area (Å²) in [5.41, 5.74) is 0. The molecular formula is C13H15S+. The minimum atomic E-state index is 0.290. The van der Waals surface area contributed by atoms with E-state index in [0.717, 1.165) is 0 Å². The Morgan fingerprint density at radius 2 is 1.93 bits per heavy atom. The molecule has 2 rings (SSSR count). The Labute approximate surface area is 88.7 Å². The molecule has 0 N–H and O–H groups in total. The van der Waals surface area contributed by atoms with E-state index in [9.17, 15) is 0 Å². The second-order valence-electron chi connectivity index (χ2n) is 3.42. The van der Waals surface area contributed by atoms with Crippen LogP contribution in [0.1, 0.15) is 12.8 Å². The van der Waals surface area contributed by atoms with Gasteiger partial charge in [0.05, 0.1) is 10.9 Å². The molecule has 1 aliphatic carbocycles. The molecule has 0 spiro atoms. The van der Waals surface area contributed by atoms with Crippen molar-refractivity contribution in [2.24, 2.45) is 0 Å². The summed E-state index contributed by atoms with van der Waals surface area (Å²) in [6, 6.07) is 10.8. The van der Waals surface area contributed by atoms with Gasteiger partial charge in [0.1, 0.15) is 11.2 Å². The second kappa shape index (κ2) is 4.52. The first-order valence-electron chi connectivity index (χ1n) is 4.94. The van der Waals surface area contributed by atoms with Crippen LogP contribution in [-0.2, 0) is 10.9 Å². The van der Waals surface area contributed by atoms with E-state index in [-0.39, 0.29) is 0 Å². The molecule has 1 heteroatoms. The molecule has 1 aromatic rings. The molecule has 0 radical (unpaired) electrons. The van der Waals surface area contributed by atoms with E-state index >= 15 is 0 Å². The molecule has 0 bridgehead atoms. The van der Waals surface area contributed by atoms with Crippen molar-refractivity contribution in [1.82, 2.24) is 0 Å². The molecule has 0 nitrogen and oxygen atoms in total. The van der Waals surface area contributed by atoms with Gasteiger partial charge in [-0.2, -0.15) is 0 Å². The van der Waals surface area contributed by atoms with Crippen LogP contribution in [0.15, 0.2) is 58.4 Å². The lowest BCUT2D eigenvalue weighted by atomic mass is 10.2. The Morgan fingerprint density at radius 3 is 2.57 bits per heavy atom. The van der Waals surface area contributed by atoms with E-state index in [0.29, 0.717) is 10.9 Å². The van der Waals surface area contributed by atoms with Gasteiger partial charge in [-0.25, -0.2) is 0 Å². The average molecular weight is 203 g/mol. The molecular weight excluding hydrogens is 188 g/mol. The molecule has 0 amide bonds. The minimum absolute atomic E-state index is 0.290. The first-order valence-corrected chi connectivity index (χ1v) is 6.58. The van der Waals surface area contributed by atoms with Crippen molar-refractivity contribution in [3.63, 3.8) is 0 Å². The topological polar surface area (TPSA) is 0 Å². The summed E-state index contributed by atoms with van der Waals surface area (Å²) < 4.78 is 0. The van der Waals surface area contributed by atoms with Crippen molar-refractivity contribution in [2.75, 3.05) is 6.26 Å². The standard InChI is InChI=1S/C13H15S/c1-14(12-8-4-2-5-9-12)13-10-6-3-7-11-13/h2-6,8-10H,7,11H2,1H3/q+1. The van der Waals surface area contributed by atoms with Gasteiger partial charge >= 0.3 is 0 Å². The summed E-state index contributed by atoms with van der Waals surface area (Å²) in [6.07, 6.45) is 11.5. The minimum Gasteiger partial charge on any atom is -0.0839 e. The number of benzene rings is 1. The summed E-state index contributed by atoms with van der Waals surface area (Å²) in [5.74, 6) is 0. The Bertz CT molecular complexity index is 349. The van der Waals surface area contributed by atoms with Crippen molar-refractivity contribution < 1.29 is 0 Å². The quantitative estimate of drug-likeness (QED) is 0.645. The van der Waals surface area contributed by atoms with Crippen molar-refractivity contribution in [1.29, 1.82) is 0 Å². The molecule has 1 aromatic carbocycles. The van der Waals surface area contributed by atoms with Crippen molar-refractivity contribution >= 4 is 10.9 Å². The highest BCUT2D eigenvalue weighted by Crippen LogP contribution is 2.25. The van der Waals surface area contributed by atoms with Gasteiger partial charge in [0.15, 0.2) is 4.90 Å². The highest BCUT2D eigenvalue weighted by molar-refractivity contribution is 8.00. The van der Waals surface area contributed by atoms with Crippen LogP contribution in [0.4, 0.5) is 0 Å². The van der Waals surface area contributed by atoms with E-state index < -0.39 is 0 Å². The largest absolute Gasteiger partial charge is 0.160 e. The Hall–Kier alpha value is -0.950. The smallest absolute Gasteiger partial charge is 0.0839 e. The Morgan fingerprint density at radius 1 is 1.14 bits per heavy atom. The maximum atomic E-state index is 2.32. The van der Waals surface area contributed by atoms with Crippen LogP contribution in [0.25, 0.3) is 0 Å². The highest BCUT2D eigenvalue weighted by Gasteiger charge is 2.21. The van der Waals surface area contributed by atoms with E-state index in [2.05, 4.69) is 54.8 Å². The van der Waals surface area contributed by atoms with E-state index in [1.54, 1.807) is 4.91 Å². The van der Waals surface area contributed by atoms with Crippen molar-refractivity contribution in [2.45, 2.75) is 17.7 Å². The Balaban J connectivity index is 2.19. The lowest BCUT2D eigenvalue weighted by molar-refractivity contribution is 1.02. The van der Waals surface area contributed by atoms with Gasteiger partial charge in [-0.05, 0) is 24.6 Å². The predicted octanol–water partition coefficient (Wildman–Crippen LogP) is 3.53. The maximum absolute atomic E-state index is 2.32. The fourth-order valence-corrected chi connectivity index (χ4v) is 3.19. The highest BCUT2D eigenvalue weighted by atomic mass is 32.2. The third-order valence-electron chi connectivity index (χ3n) is 2.47. The molecule has 0 heterocycles. The normalized spacial score (nSPS) is 17.6. The van der Waals surface area contributed by atoms with Gasteiger partial charge < -0.3 is 0 Å². The van der Waals surface area contributed by atoms with Gasteiger partial charge in [0.2, 0.25) is 0 Å². The van der Waals surface area contributed by atoms with Crippen LogP contribution >= 0.6 is 0 Å². The number of hydrogen-bond acceptors (Lipinski definition) is 0.